The number of hydrogen-bond acceptors (Lipinski definition) is 2. The van der Waals surface area contributed by atoms with Crippen LogP contribution in [0.5, 0.6) is 5.75 Å². The molecule has 2 aliphatic rings. The molecule has 0 unspecified atom stereocenters. The van der Waals surface area contributed by atoms with Crippen LogP contribution in [0.25, 0.3) is 0 Å². The summed E-state index contributed by atoms with van der Waals surface area (Å²) in [4.78, 5) is 11.3. The molecule has 0 saturated heterocycles. The summed E-state index contributed by atoms with van der Waals surface area (Å²) in [6.07, 6.45) is 6.55. The van der Waals surface area contributed by atoms with Crippen LogP contribution in [0.15, 0.2) is 54.6 Å². The number of rotatable bonds is 4. The highest BCUT2D eigenvalue weighted by Crippen LogP contribution is 2.52. The van der Waals surface area contributed by atoms with Crippen LogP contribution in [0.1, 0.15) is 55.6 Å². The lowest BCUT2D eigenvalue weighted by atomic mass is 9.58. The van der Waals surface area contributed by atoms with E-state index in [1.807, 2.05) is 18.2 Å². The predicted octanol–water partition coefficient (Wildman–Crippen LogP) is 5.27. The minimum absolute atomic E-state index is 0.381. The van der Waals surface area contributed by atoms with Gasteiger partial charge in [-0.25, -0.2) is 0 Å². The fraction of sp³-hybridized carbons (Fsp3) is 0.409. The Morgan fingerprint density at radius 1 is 0.917 bits per heavy atom. The molecule has 2 nitrogen and oxygen atoms in total. The van der Waals surface area contributed by atoms with Crippen molar-refractivity contribution in [1.29, 1.82) is 0 Å². The molecular weight excluding hydrogens is 296 g/mol. The van der Waals surface area contributed by atoms with Gasteiger partial charge in [0.1, 0.15) is 18.1 Å². The van der Waals surface area contributed by atoms with Gasteiger partial charge in [0, 0.05) is 12.8 Å². The van der Waals surface area contributed by atoms with Crippen molar-refractivity contribution in [2.45, 2.75) is 51.0 Å². The summed E-state index contributed by atoms with van der Waals surface area (Å²) in [5.74, 6) is 2.04. The molecule has 0 N–H and O–H groups in total. The second-order valence-corrected chi connectivity index (χ2v) is 7.51. The second-order valence-electron chi connectivity index (χ2n) is 7.51. The lowest BCUT2D eigenvalue weighted by molar-refractivity contribution is -0.134. The maximum atomic E-state index is 11.3. The molecule has 0 atom stereocenters. The van der Waals surface area contributed by atoms with E-state index in [1.165, 1.54) is 36.8 Å². The fourth-order valence-corrected chi connectivity index (χ4v) is 4.28. The van der Waals surface area contributed by atoms with E-state index in [9.17, 15) is 4.79 Å². The van der Waals surface area contributed by atoms with E-state index in [0.717, 1.165) is 18.6 Å². The fourth-order valence-electron chi connectivity index (χ4n) is 4.28. The topological polar surface area (TPSA) is 26.3 Å². The molecule has 2 aliphatic carbocycles. The van der Waals surface area contributed by atoms with E-state index in [4.69, 9.17) is 4.74 Å². The molecule has 2 aromatic rings. The molecule has 2 saturated carbocycles. The summed E-state index contributed by atoms with van der Waals surface area (Å²) in [6, 6.07) is 18.9. The molecular formula is C22H24O2. The van der Waals surface area contributed by atoms with Crippen molar-refractivity contribution < 1.29 is 9.53 Å². The van der Waals surface area contributed by atoms with Gasteiger partial charge in [0.05, 0.1) is 0 Å². The number of carbonyl (C=O) groups excluding carboxylic acids is 1. The maximum absolute atomic E-state index is 11.3. The Hall–Kier alpha value is -2.09. The molecule has 0 bridgehead atoms. The largest absolute Gasteiger partial charge is 0.489 e. The van der Waals surface area contributed by atoms with Gasteiger partial charge in [0.2, 0.25) is 0 Å². The first-order chi connectivity index (χ1) is 11.7. The first kappa shape index (κ1) is 15.4. The number of Topliss-reactive ketones (excluding diaryl/α,β-unsaturated/α-hetero) is 1. The Labute approximate surface area is 143 Å². The standard InChI is InChI=1S/C22H24O2/c23-20-14-22(15-20)12-10-19(11-13-22)18-6-8-21(9-7-18)24-16-17-4-2-1-3-5-17/h1-9,19H,10-16H2. The van der Waals surface area contributed by atoms with Gasteiger partial charge in [-0.1, -0.05) is 42.5 Å². The Morgan fingerprint density at radius 3 is 2.21 bits per heavy atom. The smallest absolute Gasteiger partial charge is 0.134 e. The monoisotopic (exact) mass is 320 g/mol. The molecule has 2 heteroatoms. The van der Waals surface area contributed by atoms with Crippen molar-refractivity contribution in [3.8, 4) is 5.75 Å². The SMILES string of the molecule is O=C1CC2(CCC(c3ccc(OCc4ccccc4)cc3)CC2)C1. The zero-order valence-electron chi connectivity index (χ0n) is 14.0. The predicted molar refractivity (Wildman–Crippen MR) is 95.1 cm³/mol. The molecule has 0 aromatic heterocycles. The van der Waals surface area contributed by atoms with Gasteiger partial charge in [-0.05, 0) is 60.3 Å². The molecule has 2 fully saturated rings. The van der Waals surface area contributed by atoms with Crippen LogP contribution < -0.4 is 4.74 Å². The minimum atomic E-state index is 0.381. The van der Waals surface area contributed by atoms with E-state index >= 15 is 0 Å². The van der Waals surface area contributed by atoms with Crippen LogP contribution in [0, 0.1) is 5.41 Å². The van der Waals surface area contributed by atoms with Crippen molar-refractivity contribution in [2.75, 3.05) is 0 Å². The van der Waals surface area contributed by atoms with Gasteiger partial charge in [-0.3, -0.25) is 4.79 Å². The zero-order chi connectivity index (χ0) is 16.4. The van der Waals surface area contributed by atoms with Crippen LogP contribution in [0.3, 0.4) is 0 Å². The van der Waals surface area contributed by atoms with Crippen molar-refractivity contribution in [2.24, 2.45) is 5.41 Å². The number of hydrogen-bond donors (Lipinski definition) is 0. The Balaban J connectivity index is 1.32. The third-order valence-electron chi connectivity index (χ3n) is 5.79. The van der Waals surface area contributed by atoms with Crippen molar-refractivity contribution in [3.63, 3.8) is 0 Å². The summed E-state index contributed by atoms with van der Waals surface area (Å²) in [5.41, 5.74) is 2.99. The molecule has 0 amide bonds. The number of carbonyl (C=O) groups is 1. The van der Waals surface area contributed by atoms with Gasteiger partial charge < -0.3 is 4.74 Å². The lowest BCUT2D eigenvalue weighted by Gasteiger charge is -2.45. The summed E-state index contributed by atoms with van der Waals surface area (Å²) in [6.45, 7) is 0.611. The molecule has 0 aliphatic heterocycles. The van der Waals surface area contributed by atoms with E-state index in [-0.39, 0.29) is 0 Å². The Morgan fingerprint density at radius 2 is 1.58 bits per heavy atom. The van der Waals surface area contributed by atoms with Crippen LogP contribution in [-0.4, -0.2) is 5.78 Å². The zero-order valence-corrected chi connectivity index (χ0v) is 14.0. The van der Waals surface area contributed by atoms with E-state index in [2.05, 4.69) is 36.4 Å². The first-order valence-electron chi connectivity index (χ1n) is 9.01. The van der Waals surface area contributed by atoms with Crippen LogP contribution in [0.4, 0.5) is 0 Å². The number of ether oxygens (including phenoxy) is 1. The summed E-state index contributed by atoms with van der Waals surface area (Å²) in [5, 5.41) is 0. The summed E-state index contributed by atoms with van der Waals surface area (Å²) >= 11 is 0. The highest BCUT2D eigenvalue weighted by Gasteiger charge is 2.45. The summed E-state index contributed by atoms with van der Waals surface area (Å²) < 4.78 is 5.87. The molecule has 0 radical (unpaired) electrons. The first-order valence-corrected chi connectivity index (χ1v) is 9.01. The maximum Gasteiger partial charge on any atom is 0.134 e. The van der Waals surface area contributed by atoms with Gasteiger partial charge in [0.15, 0.2) is 0 Å². The average molecular weight is 320 g/mol. The van der Waals surface area contributed by atoms with E-state index in [0.29, 0.717) is 23.7 Å². The quantitative estimate of drug-likeness (QED) is 0.767. The average Bonchev–Trinajstić information content (AvgIpc) is 2.61. The molecule has 2 aromatic carbocycles. The van der Waals surface area contributed by atoms with Crippen molar-refractivity contribution in [1.82, 2.24) is 0 Å². The van der Waals surface area contributed by atoms with E-state index in [1.54, 1.807) is 0 Å². The molecule has 4 rings (SSSR count). The lowest BCUT2D eigenvalue weighted by Crippen LogP contribution is -2.40. The third kappa shape index (κ3) is 3.24. The highest BCUT2D eigenvalue weighted by atomic mass is 16.5. The van der Waals surface area contributed by atoms with Gasteiger partial charge in [0.25, 0.3) is 0 Å². The summed E-state index contributed by atoms with van der Waals surface area (Å²) in [7, 11) is 0. The Bertz CT molecular complexity index is 685. The van der Waals surface area contributed by atoms with Crippen molar-refractivity contribution >= 4 is 5.78 Å². The van der Waals surface area contributed by atoms with Gasteiger partial charge in [-0.15, -0.1) is 0 Å². The number of benzene rings is 2. The van der Waals surface area contributed by atoms with Crippen LogP contribution in [-0.2, 0) is 11.4 Å². The van der Waals surface area contributed by atoms with Crippen molar-refractivity contribution in [3.05, 3.63) is 65.7 Å². The number of ketones is 1. The molecule has 24 heavy (non-hydrogen) atoms. The Kier molecular flexibility index (Phi) is 4.13. The highest BCUT2D eigenvalue weighted by molar-refractivity contribution is 5.86. The third-order valence-corrected chi connectivity index (χ3v) is 5.79. The molecule has 124 valence electrons. The second kappa shape index (κ2) is 6.43. The van der Waals surface area contributed by atoms with Crippen LogP contribution in [0.2, 0.25) is 0 Å². The minimum Gasteiger partial charge on any atom is -0.489 e. The van der Waals surface area contributed by atoms with Crippen LogP contribution >= 0.6 is 0 Å². The van der Waals surface area contributed by atoms with E-state index < -0.39 is 0 Å². The van der Waals surface area contributed by atoms with Gasteiger partial charge in [-0.2, -0.15) is 0 Å². The normalized spacial score (nSPS) is 19.9. The van der Waals surface area contributed by atoms with Gasteiger partial charge >= 0.3 is 0 Å². The molecule has 0 heterocycles. The molecule has 1 spiro atoms.